The molecular weight excluding hydrogens is 502 g/mol. The lowest BCUT2D eigenvalue weighted by Gasteiger charge is -2.23. The fourth-order valence-corrected chi connectivity index (χ4v) is 5.39. The molecule has 12 heteroatoms. The summed E-state index contributed by atoms with van der Waals surface area (Å²) in [4.78, 5) is 35.0. The molecule has 1 unspecified atom stereocenters. The number of aliphatic hydroxyl groups is 1. The number of nitrogens with one attached hydrogen (secondary N) is 2. The van der Waals surface area contributed by atoms with Gasteiger partial charge in [-0.1, -0.05) is 54.2 Å². The summed E-state index contributed by atoms with van der Waals surface area (Å²) in [7, 11) is -4.26. The molecule has 10 nitrogen and oxygen atoms in total. The first-order chi connectivity index (χ1) is 17.2. The maximum absolute atomic E-state index is 13.2. The lowest BCUT2D eigenvalue weighted by atomic mass is 10.1. The number of aromatic nitrogens is 2. The molecule has 0 aliphatic carbocycles. The summed E-state index contributed by atoms with van der Waals surface area (Å²) in [6.07, 6.45) is 0. The Kier molecular flexibility index (Phi) is 7.57. The Morgan fingerprint density at radius 3 is 2.14 bits per heavy atom. The van der Waals surface area contributed by atoms with E-state index in [0.717, 1.165) is 10.5 Å². The second-order valence-corrected chi connectivity index (χ2v) is 11.1. The average molecular weight is 528 g/mol. The summed E-state index contributed by atoms with van der Waals surface area (Å²) in [6.45, 7) is 2.85. The van der Waals surface area contributed by atoms with Crippen LogP contribution in [0.5, 0.6) is 0 Å². The van der Waals surface area contributed by atoms with Gasteiger partial charge in [-0.3, -0.25) is 19.2 Å². The minimum absolute atomic E-state index is 0.0309. The summed E-state index contributed by atoms with van der Waals surface area (Å²) >= 11 is 1.31. The van der Waals surface area contributed by atoms with Crippen molar-refractivity contribution in [2.24, 2.45) is 0 Å². The second-order valence-electron chi connectivity index (χ2n) is 8.20. The second kappa shape index (κ2) is 10.6. The van der Waals surface area contributed by atoms with Crippen LogP contribution in [0, 0.1) is 0 Å². The molecule has 36 heavy (non-hydrogen) atoms. The summed E-state index contributed by atoms with van der Waals surface area (Å²) in [6, 6.07) is 16.9. The van der Waals surface area contributed by atoms with Crippen molar-refractivity contribution in [3.8, 4) is 0 Å². The first-order valence-corrected chi connectivity index (χ1v) is 13.6. The predicted octanol–water partition coefficient (Wildman–Crippen LogP) is 2.95. The third-order valence-electron chi connectivity index (χ3n) is 5.47. The molecule has 1 aliphatic rings. The van der Waals surface area contributed by atoms with E-state index in [-0.39, 0.29) is 29.6 Å². The van der Waals surface area contributed by atoms with Gasteiger partial charge in [-0.25, -0.2) is 18.4 Å². The first kappa shape index (κ1) is 25.6. The summed E-state index contributed by atoms with van der Waals surface area (Å²) in [5, 5.41) is 11.2. The molecule has 0 saturated heterocycles. The van der Waals surface area contributed by atoms with Crippen LogP contribution in [0.3, 0.4) is 0 Å². The van der Waals surface area contributed by atoms with Gasteiger partial charge in [0.25, 0.3) is 21.8 Å². The van der Waals surface area contributed by atoms with Gasteiger partial charge < -0.3 is 10.4 Å². The zero-order valence-electron chi connectivity index (χ0n) is 19.6. The van der Waals surface area contributed by atoms with E-state index in [1.54, 1.807) is 19.1 Å². The molecule has 0 fully saturated rings. The van der Waals surface area contributed by atoms with E-state index < -0.39 is 27.2 Å². The van der Waals surface area contributed by atoms with Gasteiger partial charge in [0, 0.05) is 17.9 Å². The standard InChI is InChI=1S/C24H25N5O5S2/c1-15(13-30)25-20-12-21(27-24(26-20)35-14-17-8-4-3-5-9-17)28-36(33,34)16(2)29-22(31)18-10-6-7-11-19(18)23(29)32/h3-12,15-16,30H,13-14H2,1-2H3,(H2,25,26,27,28)/t15-,16?/m1/s1. The monoisotopic (exact) mass is 527 g/mol. The largest absolute Gasteiger partial charge is 0.394 e. The minimum atomic E-state index is -4.26. The molecule has 2 amide bonds. The Morgan fingerprint density at radius 2 is 1.53 bits per heavy atom. The third kappa shape index (κ3) is 5.50. The minimum Gasteiger partial charge on any atom is -0.394 e. The van der Waals surface area contributed by atoms with Gasteiger partial charge in [-0.2, -0.15) is 0 Å². The van der Waals surface area contributed by atoms with Crippen LogP contribution in [-0.2, 0) is 15.8 Å². The topological polar surface area (TPSA) is 142 Å². The molecule has 0 bridgehead atoms. The van der Waals surface area contributed by atoms with Crippen LogP contribution in [0.4, 0.5) is 11.6 Å². The number of benzene rings is 2. The Bertz CT molecular complexity index is 1350. The van der Waals surface area contributed by atoms with Gasteiger partial charge in [0.2, 0.25) is 0 Å². The summed E-state index contributed by atoms with van der Waals surface area (Å²) in [5.41, 5.74) is 1.36. The van der Waals surface area contributed by atoms with E-state index in [1.807, 2.05) is 30.3 Å². The summed E-state index contributed by atoms with van der Waals surface area (Å²) < 4.78 is 28.8. The van der Waals surface area contributed by atoms with Gasteiger partial charge >= 0.3 is 0 Å². The Balaban J connectivity index is 1.58. The Hall–Kier alpha value is -3.48. The van der Waals surface area contributed by atoms with Crippen molar-refractivity contribution in [2.75, 3.05) is 16.6 Å². The number of fused-ring (bicyclic) bond motifs is 1. The van der Waals surface area contributed by atoms with Gasteiger partial charge in [0.05, 0.1) is 17.7 Å². The molecule has 3 N–H and O–H groups in total. The highest BCUT2D eigenvalue weighted by molar-refractivity contribution is 7.98. The number of carbonyl (C=O) groups is 2. The summed E-state index contributed by atoms with van der Waals surface area (Å²) in [5.74, 6) is -0.508. The molecule has 188 valence electrons. The predicted molar refractivity (Wildman–Crippen MR) is 137 cm³/mol. The van der Waals surface area contributed by atoms with Gasteiger partial charge in [0.15, 0.2) is 10.5 Å². The van der Waals surface area contributed by atoms with Crippen LogP contribution in [0.25, 0.3) is 0 Å². The van der Waals surface area contributed by atoms with E-state index in [4.69, 9.17) is 0 Å². The molecule has 0 radical (unpaired) electrons. The van der Waals surface area contributed by atoms with Crippen LogP contribution >= 0.6 is 11.8 Å². The molecular formula is C24H25N5O5S2. The lowest BCUT2D eigenvalue weighted by Crippen LogP contribution is -2.45. The molecule has 2 heterocycles. The van der Waals surface area contributed by atoms with E-state index in [2.05, 4.69) is 20.0 Å². The molecule has 1 aliphatic heterocycles. The average Bonchev–Trinajstić information content (AvgIpc) is 3.12. The van der Waals surface area contributed by atoms with E-state index in [9.17, 15) is 23.1 Å². The molecule has 1 aromatic heterocycles. The van der Waals surface area contributed by atoms with E-state index in [0.29, 0.717) is 16.7 Å². The van der Waals surface area contributed by atoms with E-state index >= 15 is 0 Å². The van der Waals surface area contributed by atoms with Gasteiger partial charge in [-0.15, -0.1) is 0 Å². The highest BCUT2D eigenvalue weighted by Gasteiger charge is 2.43. The number of hydrogen-bond acceptors (Lipinski definition) is 9. The number of sulfonamides is 1. The number of imide groups is 1. The van der Waals surface area contributed by atoms with Gasteiger partial charge in [-0.05, 0) is 31.5 Å². The quantitative estimate of drug-likeness (QED) is 0.206. The van der Waals surface area contributed by atoms with Crippen LogP contribution in [0.1, 0.15) is 40.1 Å². The molecule has 0 saturated carbocycles. The third-order valence-corrected chi connectivity index (χ3v) is 7.99. The van der Waals surface area contributed by atoms with Gasteiger partial charge in [0.1, 0.15) is 11.6 Å². The molecule has 4 rings (SSSR count). The highest BCUT2D eigenvalue weighted by atomic mass is 32.2. The fourth-order valence-electron chi connectivity index (χ4n) is 3.54. The number of carbonyl (C=O) groups excluding carboxylic acids is 2. The maximum Gasteiger partial charge on any atom is 0.262 e. The zero-order chi connectivity index (χ0) is 25.9. The van der Waals surface area contributed by atoms with Crippen molar-refractivity contribution < 1.29 is 23.1 Å². The number of amides is 2. The van der Waals surface area contributed by atoms with E-state index in [1.165, 1.54) is 36.9 Å². The SMILES string of the molecule is CC(N1C(=O)c2ccccc2C1=O)S(=O)(=O)Nc1cc(N[C@H](C)CO)nc(SCc2ccccc2)n1. The van der Waals surface area contributed by atoms with Crippen LogP contribution in [0.2, 0.25) is 0 Å². The van der Waals surface area contributed by atoms with Crippen LogP contribution in [-0.4, -0.2) is 58.2 Å². The normalized spacial score (nSPS) is 14.9. The Labute approximate surface area is 213 Å². The smallest absolute Gasteiger partial charge is 0.262 e. The molecule has 2 aromatic carbocycles. The molecule has 3 aromatic rings. The zero-order valence-corrected chi connectivity index (χ0v) is 21.2. The van der Waals surface area contributed by atoms with Crippen molar-refractivity contribution in [1.29, 1.82) is 0 Å². The number of hydrogen-bond donors (Lipinski definition) is 3. The van der Waals surface area contributed by atoms with Crippen LogP contribution < -0.4 is 10.0 Å². The molecule has 2 atom stereocenters. The first-order valence-electron chi connectivity index (χ1n) is 11.1. The van der Waals surface area contributed by atoms with Crippen molar-refractivity contribution >= 4 is 45.2 Å². The fraction of sp³-hybridized carbons (Fsp3) is 0.250. The number of nitrogens with zero attached hydrogens (tertiary/aromatic N) is 3. The highest BCUT2D eigenvalue weighted by Crippen LogP contribution is 2.28. The van der Waals surface area contributed by atoms with Crippen molar-refractivity contribution in [2.45, 2.75) is 36.2 Å². The molecule has 0 spiro atoms. The lowest BCUT2D eigenvalue weighted by molar-refractivity contribution is 0.0640. The van der Waals surface area contributed by atoms with Crippen molar-refractivity contribution in [3.63, 3.8) is 0 Å². The number of anilines is 2. The number of aliphatic hydroxyl groups excluding tert-OH is 1. The van der Waals surface area contributed by atoms with Crippen molar-refractivity contribution in [3.05, 3.63) is 77.4 Å². The van der Waals surface area contributed by atoms with Crippen LogP contribution in [0.15, 0.2) is 65.8 Å². The Morgan fingerprint density at radius 1 is 0.944 bits per heavy atom. The number of thioether (sulfide) groups is 1. The maximum atomic E-state index is 13.2. The van der Waals surface area contributed by atoms with Crippen molar-refractivity contribution in [1.82, 2.24) is 14.9 Å². The number of rotatable bonds is 10.